The van der Waals surface area contributed by atoms with Crippen LogP contribution in [-0.2, 0) is 0 Å². The molecule has 0 unspecified atom stereocenters. The SMILES string of the molecule is N#Cc1cccc(Oc2ncccc2C#N)c1. The van der Waals surface area contributed by atoms with Crippen LogP contribution in [0.3, 0.4) is 0 Å². The van der Waals surface area contributed by atoms with Gasteiger partial charge in [-0.2, -0.15) is 10.5 Å². The number of pyridine rings is 1. The molecular weight excluding hydrogens is 214 g/mol. The molecule has 1 heterocycles. The molecule has 0 aliphatic rings. The molecule has 0 bridgehead atoms. The molecule has 0 aliphatic heterocycles. The number of benzene rings is 1. The number of nitriles is 2. The Labute approximate surface area is 98.3 Å². The van der Waals surface area contributed by atoms with Crippen LogP contribution in [0.4, 0.5) is 0 Å². The summed E-state index contributed by atoms with van der Waals surface area (Å²) in [5.41, 5.74) is 0.854. The maximum Gasteiger partial charge on any atom is 0.237 e. The molecule has 4 heteroatoms. The van der Waals surface area contributed by atoms with Crippen LogP contribution in [0.5, 0.6) is 11.6 Å². The van der Waals surface area contributed by atoms with E-state index in [0.29, 0.717) is 16.9 Å². The number of hydrogen-bond acceptors (Lipinski definition) is 4. The molecular formula is C13H7N3O. The molecule has 0 saturated carbocycles. The highest BCUT2D eigenvalue weighted by Gasteiger charge is 2.05. The first-order valence-electron chi connectivity index (χ1n) is 4.86. The first-order valence-corrected chi connectivity index (χ1v) is 4.86. The highest BCUT2D eigenvalue weighted by molar-refractivity contribution is 5.42. The van der Waals surface area contributed by atoms with E-state index in [1.807, 2.05) is 12.1 Å². The normalized spacial score (nSPS) is 9.06. The Bertz CT molecular complexity index is 623. The van der Waals surface area contributed by atoms with Crippen LogP contribution >= 0.6 is 0 Å². The lowest BCUT2D eigenvalue weighted by molar-refractivity contribution is 0.461. The second-order valence-corrected chi connectivity index (χ2v) is 3.21. The van der Waals surface area contributed by atoms with E-state index in [9.17, 15) is 0 Å². The van der Waals surface area contributed by atoms with Gasteiger partial charge in [0, 0.05) is 6.20 Å². The molecule has 0 fully saturated rings. The van der Waals surface area contributed by atoms with Crippen molar-refractivity contribution >= 4 is 0 Å². The molecule has 2 rings (SSSR count). The van der Waals surface area contributed by atoms with Crippen molar-refractivity contribution in [3.05, 3.63) is 53.7 Å². The topological polar surface area (TPSA) is 69.7 Å². The van der Waals surface area contributed by atoms with E-state index < -0.39 is 0 Å². The summed E-state index contributed by atoms with van der Waals surface area (Å²) in [6, 6.07) is 14.0. The lowest BCUT2D eigenvalue weighted by Gasteiger charge is -2.05. The average Bonchev–Trinajstić information content (AvgIpc) is 2.39. The van der Waals surface area contributed by atoms with E-state index in [1.54, 1.807) is 42.6 Å². The second-order valence-electron chi connectivity index (χ2n) is 3.21. The molecule has 0 aliphatic carbocycles. The summed E-state index contributed by atoms with van der Waals surface area (Å²) in [7, 11) is 0. The summed E-state index contributed by atoms with van der Waals surface area (Å²) in [6.07, 6.45) is 1.55. The fourth-order valence-electron chi connectivity index (χ4n) is 1.30. The van der Waals surface area contributed by atoms with Crippen LogP contribution in [0.25, 0.3) is 0 Å². The standard InChI is InChI=1S/C13H7N3O/c14-8-10-3-1-5-12(7-10)17-13-11(9-15)4-2-6-16-13/h1-7H. The molecule has 0 radical (unpaired) electrons. The van der Waals surface area contributed by atoms with E-state index in [4.69, 9.17) is 15.3 Å². The minimum Gasteiger partial charge on any atom is -0.438 e. The Morgan fingerprint density at radius 3 is 2.71 bits per heavy atom. The van der Waals surface area contributed by atoms with Gasteiger partial charge in [-0.1, -0.05) is 6.07 Å². The minimum absolute atomic E-state index is 0.241. The Hall–Kier alpha value is -2.85. The van der Waals surface area contributed by atoms with E-state index >= 15 is 0 Å². The predicted molar refractivity (Wildman–Crippen MR) is 60.2 cm³/mol. The summed E-state index contributed by atoms with van der Waals surface area (Å²) in [5, 5.41) is 17.6. The molecule has 0 amide bonds. The van der Waals surface area contributed by atoms with E-state index in [-0.39, 0.29) is 5.88 Å². The lowest BCUT2D eigenvalue weighted by Crippen LogP contribution is -1.91. The third-order valence-electron chi connectivity index (χ3n) is 2.07. The number of rotatable bonds is 2. The first-order chi connectivity index (χ1) is 8.33. The highest BCUT2D eigenvalue weighted by atomic mass is 16.5. The van der Waals surface area contributed by atoms with Gasteiger partial charge in [-0.3, -0.25) is 0 Å². The summed E-state index contributed by atoms with van der Waals surface area (Å²) in [4.78, 5) is 3.97. The smallest absolute Gasteiger partial charge is 0.237 e. The maximum absolute atomic E-state index is 8.87. The molecule has 0 saturated heterocycles. The van der Waals surface area contributed by atoms with Crippen molar-refractivity contribution in [3.8, 4) is 23.8 Å². The van der Waals surface area contributed by atoms with Crippen molar-refractivity contribution in [1.82, 2.24) is 4.98 Å². The summed E-state index contributed by atoms with van der Waals surface area (Å²) in [5.74, 6) is 0.726. The van der Waals surface area contributed by atoms with Gasteiger partial charge in [0.25, 0.3) is 0 Å². The van der Waals surface area contributed by atoms with E-state index in [0.717, 1.165) is 0 Å². The first kappa shape index (κ1) is 10.7. The lowest BCUT2D eigenvalue weighted by atomic mass is 10.2. The third kappa shape index (κ3) is 2.39. The van der Waals surface area contributed by atoms with Gasteiger partial charge in [0.1, 0.15) is 17.4 Å². The summed E-state index contributed by atoms with van der Waals surface area (Å²) < 4.78 is 5.46. The minimum atomic E-state index is 0.241. The van der Waals surface area contributed by atoms with Crippen molar-refractivity contribution in [2.45, 2.75) is 0 Å². The van der Waals surface area contributed by atoms with Crippen LogP contribution in [0.2, 0.25) is 0 Å². The van der Waals surface area contributed by atoms with Crippen molar-refractivity contribution in [2.24, 2.45) is 0 Å². The van der Waals surface area contributed by atoms with E-state index in [2.05, 4.69) is 4.98 Å². The van der Waals surface area contributed by atoms with Gasteiger partial charge in [0.2, 0.25) is 5.88 Å². The number of aromatic nitrogens is 1. The predicted octanol–water partition coefficient (Wildman–Crippen LogP) is 2.62. The molecule has 1 aromatic carbocycles. The molecule has 80 valence electrons. The van der Waals surface area contributed by atoms with Gasteiger partial charge in [-0.25, -0.2) is 4.98 Å². The van der Waals surface area contributed by atoms with Crippen LogP contribution in [0.1, 0.15) is 11.1 Å². The van der Waals surface area contributed by atoms with Gasteiger partial charge in [-0.15, -0.1) is 0 Å². The third-order valence-corrected chi connectivity index (χ3v) is 2.07. The zero-order valence-corrected chi connectivity index (χ0v) is 8.79. The van der Waals surface area contributed by atoms with Crippen molar-refractivity contribution < 1.29 is 4.74 Å². The average molecular weight is 221 g/mol. The van der Waals surface area contributed by atoms with Crippen LogP contribution in [0.15, 0.2) is 42.6 Å². The Morgan fingerprint density at radius 2 is 1.94 bits per heavy atom. The monoisotopic (exact) mass is 221 g/mol. The Morgan fingerprint density at radius 1 is 1.06 bits per heavy atom. The molecule has 0 N–H and O–H groups in total. The summed E-state index contributed by atoms with van der Waals surface area (Å²) in [6.45, 7) is 0. The molecule has 0 spiro atoms. The zero-order chi connectivity index (χ0) is 12.1. The van der Waals surface area contributed by atoms with Gasteiger partial charge >= 0.3 is 0 Å². The molecule has 17 heavy (non-hydrogen) atoms. The molecule has 2 aromatic rings. The van der Waals surface area contributed by atoms with Crippen LogP contribution in [-0.4, -0.2) is 4.98 Å². The molecule has 1 aromatic heterocycles. The number of nitrogens with zero attached hydrogens (tertiary/aromatic N) is 3. The fraction of sp³-hybridized carbons (Fsp3) is 0. The van der Waals surface area contributed by atoms with Crippen LogP contribution in [0, 0.1) is 22.7 Å². The quantitative estimate of drug-likeness (QED) is 0.781. The van der Waals surface area contributed by atoms with Gasteiger partial charge < -0.3 is 4.74 Å². The number of hydrogen-bond donors (Lipinski definition) is 0. The highest BCUT2D eigenvalue weighted by Crippen LogP contribution is 2.22. The molecule has 4 nitrogen and oxygen atoms in total. The van der Waals surface area contributed by atoms with Crippen molar-refractivity contribution in [1.29, 1.82) is 10.5 Å². The van der Waals surface area contributed by atoms with Gasteiger partial charge in [0.15, 0.2) is 0 Å². The Balaban J connectivity index is 2.32. The van der Waals surface area contributed by atoms with E-state index in [1.165, 1.54) is 0 Å². The van der Waals surface area contributed by atoms with Crippen LogP contribution < -0.4 is 4.74 Å². The number of ether oxygens (including phenoxy) is 1. The molecule has 0 atom stereocenters. The van der Waals surface area contributed by atoms with Gasteiger partial charge in [-0.05, 0) is 30.3 Å². The van der Waals surface area contributed by atoms with Crippen molar-refractivity contribution in [3.63, 3.8) is 0 Å². The van der Waals surface area contributed by atoms with Crippen molar-refractivity contribution in [2.75, 3.05) is 0 Å². The zero-order valence-electron chi connectivity index (χ0n) is 8.79. The largest absolute Gasteiger partial charge is 0.438 e. The van der Waals surface area contributed by atoms with Gasteiger partial charge in [0.05, 0.1) is 11.6 Å². The second kappa shape index (κ2) is 4.78. The maximum atomic E-state index is 8.87. The fourth-order valence-corrected chi connectivity index (χ4v) is 1.30. The Kier molecular flexibility index (Phi) is 3.00. The summed E-state index contributed by atoms with van der Waals surface area (Å²) >= 11 is 0.